The van der Waals surface area contributed by atoms with Crippen molar-refractivity contribution in [3.8, 4) is 12.3 Å². The maximum Gasteiger partial charge on any atom is 0.229 e. The molecule has 0 aliphatic heterocycles. The maximum absolute atomic E-state index is 9.28. The van der Waals surface area contributed by atoms with Gasteiger partial charge in [0.2, 0.25) is 5.06 Å². The van der Waals surface area contributed by atoms with Crippen LogP contribution >= 0.6 is 11.6 Å². The van der Waals surface area contributed by atoms with E-state index in [2.05, 4.69) is 4.98 Å². The van der Waals surface area contributed by atoms with Crippen molar-refractivity contribution in [2.45, 2.75) is 5.06 Å². The Bertz CT molecular complexity index is 276. The molecule has 1 aromatic heterocycles. The first-order valence-electron chi connectivity index (χ1n) is 2.96. The number of hydrogen-bond donors (Lipinski definition) is 1. The van der Waals surface area contributed by atoms with Gasteiger partial charge >= 0.3 is 0 Å². The average molecular weight is 168 g/mol. The summed E-state index contributed by atoms with van der Waals surface area (Å²) in [7, 11) is 0. The van der Waals surface area contributed by atoms with Gasteiger partial charge in [0.15, 0.2) is 0 Å². The third-order valence-electron chi connectivity index (χ3n) is 1.24. The van der Waals surface area contributed by atoms with Crippen molar-refractivity contribution in [2.75, 3.05) is 0 Å². The number of pyridine rings is 1. The van der Waals surface area contributed by atoms with Crippen LogP contribution in [0.1, 0.15) is 5.56 Å². The second-order valence-electron chi connectivity index (χ2n) is 2.01. The minimum Gasteiger partial charge on any atom is -0.361 e. The van der Waals surface area contributed by atoms with Gasteiger partial charge in [0.1, 0.15) is 0 Å². The molecule has 1 unspecified atom stereocenters. The van der Waals surface area contributed by atoms with Crippen molar-refractivity contribution < 1.29 is 5.11 Å². The van der Waals surface area contributed by atoms with E-state index in [-0.39, 0.29) is 0 Å². The monoisotopic (exact) mass is 167 g/mol. The molecule has 1 rings (SSSR count). The van der Waals surface area contributed by atoms with Gasteiger partial charge in [-0.15, -0.1) is 6.42 Å². The molecular formula is C8H6ClNO. The number of rotatable bonds is 1. The zero-order valence-electron chi connectivity index (χ0n) is 5.66. The Hall–Kier alpha value is -1.04. The third kappa shape index (κ3) is 1.70. The smallest absolute Gasteiger partial charge is 0.229 e. The van der Waals surface area contributed by atoms with Gasteiger partial charge in [0.25, 0.3) is 0 Å². The Balaban J connectivity index is 3.05. The summed E-state index contributed by atoms with van der Waals surface area (Å²) < 4.78 is 0. The maximum atomic E-state index is 9.28. The van der Waals surface area contributed by atoms with Crippen LogP contribution in [0.5, 0.6) is 0 Å². The summed E-state index contributed by atoms with van der Waals surface area (Å²) >= 11 is 5.53. The van der Waals surface area contributed by atoms with Crippen LogP contribution in [0.25, 0.3) is 0 Å². The van der Waals surface area contributed by atoms with Gasteiger partial charge in [0.05, 0.1) is 0 Å². The van der Waals surface area contributed by atoms with Crippen LogP contribution in [-0.2, 0) is 5.06 Å². The third-order valence-corrected chi connectivity index (χ3v) is 1.56. The highest BCUT2D eigenvalue weighted by molar-refractivity contribution is 6.24. The van der Waals surface area contributed by atoms with Crippen LogP contribution in [0.3, 0.4) is 0 Å². The standard InChI is InChI=1S/C8H6ClNO/c1-2-8(9,11)7-4-3-5-10-6-7/h1,3-6,11H. The number of halogens is 1. The molecule has 0 radical (unpaired) electrons. The van der Waals surface area contributed by atoms with Gasteiger partial charge in [-0.2, -0.15) is 0 Å². The number of aliphatic hydroxyl groups is 1. The van der Waals surface area contributed by atoms with E-state index in [1.165, 1.54) is 6.20 Å². The summed E-state index contributed by atoms with van der Waals surface area (Å²) in [5.74, 6) is 2.04. The van der Waals surface area contributed by atoms with Gasteiger partial charge in [-0.25, -0.2) is 0 Å². The van der Waals surface area contributed by atoms with Crippen LogP contribution in [0.4, 0.5) is 0 Å². The molecule has 0 aliphatic rings. The fourth-order valence-electron chi connectivity index (χ4n) is 0.642. The van der Waals surface area contributed by atoms with E-state index in [0.717, 1.165) is 0 Å². The van der Waals surface area contributed by atoms with Gasteiger partial charge < -0.3 is 5.11 Å². The van der Waals surface area contributed by atoms with Crippen molar-refractivity contribution in [1.82, 2.24) is 4.98 Å². The fraction of sp³-hybridized carbons (Fsp3) is 0.125. The number of aromatic nitrogens is 1. The SMILES string of the molecule is C#CC(O)(Cl)c1cccnc1. The predicted octanol–water partition coefficient (Wildman–Crippen LogP) is 1.10. The molecule has 0 saturated heterocycles. The molecule has 11 heavy (non-hydrogen) atoms. The fourth-order valence-corrected chi connectivity index (χ4v) is 0.754. The highest BCUT2D eigenvalue weighted by Crippen LogP contribution is 2.23. The van der Waals surface area contributed by atoms with Gasteiger partial charge in [-0.3, -0.25) is 4.98 Å². The van der Waals surface area contributed by atoms with Crippen molar-refractivity contribution in [2.24, 2.45) is 0 Å². The lowest BCUT2D eigenvalue weighted by Gasteiger charge is -2.11. The molecule has 1 aromatic rings. The first kappa shape index (κ1) is 8.06. The van der Waals surface area contributed by atoms with E-state index in [4.69, 9.17) is 18.0 Å². The van der Waals surface area contributed by atoms with Gasteiger partial charge in [-0.1, -0.05) is 17.7 Å². The zero-order chi connectivity index (χ0) is 8.32. The molecule has 1 N–H and O–H groups in total. The van der Waals surface area contributed by atoms with Crippen molar-refractivity contribution in [1.29, 1.82) is 0 Å². The first-order valence-corrected chi connectivity index (χ1v) is 3.34. The van der Waals surface area contributed by atoms with Crippen molar-refractivity contribution >= 4 is 11.6 Å². The van der Waals surface area contributed by atoms with Crippen LogP contribution in [0, 0.1) is 12.3 Å². The summed E-state index contributed by atoms with van der Waals surface area (Å²) in [6, 6.07) is 3.26. The second kappa shape index (κ2) is 2.91. The minimum atomic E-state index is -1.73. The Morgan fingerprint density at radius 2 is 2.45 bits per heavy atom. The zero-order valence-corrected chi connectivity index (χ0v) is 6.42. The number of alkyl halides is 1. The number of nitrogens with zero attached hydrogens (tertiary/aromatic N) is 1. The highest BCUT2D eigenvalue weighted by atomic mass is 35.5. The second-order valence-corrected chi connectivity index (χ2v) is 2.56. The highest BCUT2D eigenvalue weighted by Gasteiger charge is 2.22. The average Bonchev–Trinajstić information content (AvgIpc) is 2.06. The van der Waals surface area contributed by atoms with Crippen molar-refractivity contribution in [3.05, 3.63) is 30.1 Å². The Morgan fingerprint density at radius 3 is 2.91 bits per heavy atom. The van der Waals surface area contributed by atoms with E-state index >= 15 is 0 Å². The van der Waals surface area contributed by atoms with E-state index in [1.807, 2.05) is 5.92 Å². The van der Waals surface area contributed by atoms with Gasteiger partial charge in [0, 0.05) is 18.0 Å². The van der Waals surface area contributed by atoms with E-state index in [0.29, 0.717) is 5.56 Å². The van der Waals surface area contributed by atoms with E-state index < -0.39 is 5.06 Å². The molecule has 0 bridgehead atoms. The van der Waals surface area contributed by atoms with Crippen LogP contribution in [0.2, 0.25) is 0 Å². The largest absolute Gasteiger partial charge is 0.361 e. The molecule has 0 amide bonds. The molecule has 2 nitrogen and oxygen atoms in total. The van der Waals surface area contributed by atoms with Crippen LogP contribution < -0.4 is 0 Å². The lowest BCUT2D eigenvalue weighted by atomic mass is 10.2. The molecular weight excluding hydrogens is 162 g/mol. The van der Waals surface area contributed by atoms with E-state index in [1.54, 1.807) is 18.3 Å². The molecule has 0 saturated carbocycles. The molecule has 0 fully saturated rings. The molecule has 0 aromatic carbocycles. The first-order chi connectivity index (χ1) is 5.17. The lowest BCUT2D eigenvalue weighted by molar-refractivity contribution is 0.192. The topological polar surface area (TPSA) is 33.1 Å². The van der Waals surface area contributed by atoms with E-state index in [9.17, 15) is 5.11 Å². The summed E-state index contributed by atoms with van der Waals surface area (Å²) in [5, 5.41) is 7.56. The molecule has 0 aliphatic carbocycles. The quantitative estimate of drug-likeness (QED) is 0.502. The normalized spacial score (nSPS) is 15.0. The summed E-state index contributed by atoms with van der Waals surface area (Å²) in [6.45, 7) is 0. The van der Waals surface area contributed by atoms with Crippen LogP contribution in [-0.4, -0.2) is 10.1 Å². The Morgan fingerprint density at radius 1 is 1.73 bits per heavy atom. The summed E-state index contributed by atoms with van der Waals surface area (Å²) in [4.78, 5) is 3.76. The minimum absolute atomic E-state index is 0.407. The Kier molecular flexibility index (Phi) is 2.13. The summed E-state index contributed by atoms with van der Waals surface area (Å²) in [6.07, 6.45) is 7.98. The molecule has 1 atom stereocenters. The molecule has 0 spiro atoms. The molecule has 56 valence electrons. The van der Waals surface area contributed by atoms with Crippen molar-refractivity contribution in [3.63, 3.8) is 0 Å². The lowest BCUT2D eigenvalue weighted by Crippen LogP contribution is -2.14. The predicted molar refractivity (Wildman–Crippen MR) is 42.8 cm³/mol. The summed E-state index contributed by atoms with van der Waals surface area (Å²) in [5.41, 5.74) is 0.407. The number of terminal acetylenes is 1. The van der Waals surface area contributed by atoms with Gasteiger partial charge in [-0.05, 0) is 12.0 Å². The van der Waals surface area contributed by atoms with Crippen LogP contribution in [0.15, 0.2) is 24.5 Å². The Labute approximate surface area is 69.8 Å². The number of hydrogen-bond acceptors (Lipinski definition) is 2. The molecule has 1 heterocycles. The molecule has 3 heteroatoms.